The molecule has 11 aromatic carbocycles. The molecule has 0 unspecified atom stereocenters. The topological polar surface area (TPSA) is 4.41 Å². The zero-order chi connectivity index (χ0) is 40.5. The van der Waals surface area contributed by atoms with Gasteiger partial charge < -0.3 is 4.40 Å². The summed E-state index contributed by atoms with van der Waals surface area (Å²) in [7, 11) is 0. The van der Waals surface area contributed by atoms with Gasteiger partial charge in [0.2, 0.25) is 0 Å². The zero-order valence-corrected chi connectivity index (χ0v) is 33.9. The van der Waals surface area contributed by atoms with E-state index >= 15 is 0 Å². The van der Waals surface area contributed by atoms with Crippen LogP contribution in [-0.4, -0.2) is 4.40 Å². The van der Waals surface area contributed by atoms with Crippen LogP contribution in [0.4, 0.5) is 0 Å². The van der Waals surface area contributed by atoms with E-state index in [0.717, 1.165) is 6.42 Å². The third-order valence-electron chi connectivity index (χ3n) is 13.9. The van der Waals surface area contributed by atoms with Crippen molar-refractivity contribution in [3.05, 3.63) is 223 Å². The monoisotopic (exact) mass is 783 g/mol. The molecule has 0 saturated carbocycles. The lowest BCUT2D eigenvalue weighted by Crippen LogP contribution is -1.92. The van der Waals surface area contributed by atoms with Gasteiger partial charge in [-0.1, -0.05) is 188 Å². The van der Waals surface area contributed by atoms with Gasteiger partial charge in [-0.05, 0) is 129 Å². The maximum atomic E-state index is 2.55. The zero-order valence-electron chi connectivity index (χ0n) is 33.9. The lowest BCUT2D eigenvalue weighted by molar-refractivity contribution is 1.27. The molecule has 0 amide bonds. The van der Waals surface area contributed by atoms with Crippen LogP contribution in [0, 0.1) is 0 Å². The van der Waals surface area contributed by atoms with Crippen LogP contribution in [0.25, 0.3) is 125 Å². The standard InChI is InChI=1S/C61H37N/c1-2-20-43-37(14-1)15-10-26-45(43)60-49-24-5-3-22-47(49)57(48-23-4-6-25-50(48)60)40-17-9-16-38(34-40)39-32-33-56-54(36-39)53-30-13-29-52-51-28-12-19-42-35-41-18-11-27-46(58(41)59(42)51)44-21-7-8-31-55(44)62(56)61(52)53/h1-34,36H,35H2. The van der Waals surface area contributed by atoms with Gasteiger partial charge in [0.05, 0.1) is 16.6 Å². The molecule has 2 aromatic heterocycles. The molecule has 2 heterocycles. The number of hydrogen-bond donors (Lipinski definition) is 0. The van der Waals surface area contributed by atoms with E-state index in [-0.39, 0.29) is 0 Å². The smallest absolute Gasteiger partial charge is 0.0619 e. The summed E-state index contributed by atoms with van der Waals surface area (Å²) in [6.45, 7) is 0. The first-order valence-corrected chi connectivity index (χ1v) is 21.7. The Morgan fingerprint density at radius 1 is 0.290 bits per heavy atom. The molecule has 1 aliphatic rings. The molecule has 0 N–H and O–H groups in total. The third-order valence-corrected chi connectivity index (χ3v) is 13.9. The second kappa shape index (κ2) is 12.8. The quantitative estimate of drug-likeness (QED) is 0.157. The lowest BCUT2D eigenvalue weighted by atomic mass is 9.84. The fourth-order valence-electron chi connectivity index (χ4n) is 11.4. The summed E-state index contributed by atoms with van der Waals surface area (Å²) in [4.78, 5) is 0. The van der Waals surface area contributed by atoms with Crippen molar-refractivity contribution < 1.29 is 0 Å². The molecular formula is C61H37N. The lowest BCUT2D eigenvalue weighted by Gasteiger charge is -2.19. The molecule has 1 aliphatic carbocycles. The van der Waals surface area contributed by atoms with E-state index in [4.69, 9.17) is 0 Å². The number of benzene rings is 11. The molecule has 14 rings (SSSR count). The highest BCUT2D eigenvalue weighted by atomic mass is 14.9. The minimum Gasteiger partial charge on any atom is -0.308 e. The van der Waals surface area contributed by atoms with Crippen molar-refractivity contribution >= 4 is 92.0 Å². The summed E-state index contributed by atoms with van der Waals surface area (Å²) >= 11 is 0. The van der Waals surface area contributed by atoms with Crippen LogP contribution in [0.15, 0.2) is 212 Å². The van der Waals surface area contributed by atoms with Crippen LogP contribution in [-0.2, 0) is 6.42 Å². The van der Waals surface area contributed by atoms with Gasteiger partial charge in [-0.15, -0.1) is 0 Å². The van der Waals surface area contributed by atoms with Crippen LogP contribution >= 0.6 is 0 Å². The molecule has 62 heavy (non-hydrogen) atoms. The van der Waals surface area contributed by atoms with Gasteiger partial charge in [0.1, 0.15) is 0 Å². The Labute approximate surface area is 358 Å². The second-order valence-corrected chi connectivity index (χ2v) is 17.1. The van der Waals surface area contributed by atoms with Crippen LogP contribution in [0.5, 0.6) is 0 Å². The Morgan fingerprint density at radius 2 is 0.774 bits per heavy atom. The maximum absolute atomic E-state index is 2.55. The highest BCUT2D eigenvalue weighted by molar-refractivity contribution is 6.28. The number of aromatic nitrogens is 1. The molecule has 0 aliphatic heterocycles. The molecule has 1 heteroatoms. The predicted octanol–water partition coefficient (Wildman–Crippen LogP) is 16.6. The second-order valence-electron chi connectivity index (χ2n) is 17.1. The molecule has 0 spiro atoms. The maximum Gasteiger partial charge on any atom is 0.0619 e. The number of para-hydroxylation sites is 2. The molecule has 0 saturated heterocycles. The van der Waals surface area contributed by atoms with Gasteiger partial charge in [0, 0.05) is 21.5 Å². The van der Waals surface area contributed by atoms with Gasteiger partial charge in [0.25, 0.3) is 0 Å². The fraction of sp³-hybridized carbons (Fsp3) is 0.0164. The minimum atomic E-state index is 0.968. The van der Waals surface area contributed by atoms with E-state index in [2.05, 4.69) is 217 Å². The Bertz CT molecular complexity index is 4060. The summed E-state index contributed by atoms with van der Waals surface area (Å²) in [6, 6.07) is 79.6. The van der Waals surface area contributed by atoms with Gasteiger partial charge in [-0.25, -0.2) is 0 Å². The van der Waals surface area contributed by atoms with Crippen molar-refractivity contribution in [1.29, 1.82) is 0 Å². The van der Waals surface area contributed by atoms with E-state index in [0.29, 0.717) is 0 Å². The molecular weight excluding hydrogens is 747 g/mol. The van der Waals surface area contributed by atoms with Crippen LogP contribution in [0.1, 0.15) is 11.1 Å². The van der Waals surface area contributed by atoms with Crippen molar-refractivity contribution in [2.75, 3.05) is 0 Å². The van der Waals surface area contributed by atoms with E-state index in [1.807, 2.05) is 0 Å². The highest BCUT2D eigenvalue weighted by Gasteiger charge is 2.22. The van der Waals surface area contributed by atoms with Crippen LogP contribution in [0.2, 0.25) is 0 Å². The summed E-state index contributed by atoms with van der Waals surface area (Å²) in [5, 5.41) is 18.1. The fourth-order valence-corrected chi connectivity index (χ4v) is 11.4. The molecule has 286 valence electrons. The van der Waals surface area contributed by atoms with Crippen molar-refractivity contribution in [2.45, 2.75) is 6.42 Å². The summed E-state index contributed by atoms with van der Waals surface area (Å²) in [6.07, 6.45) is 0.968. The Hall–Kier alpha value is -8.00. The number of hydrogen-bond acceptors (Lipinski definition) is 0. The Morgan fingerprint density at radius 3 is 1.52 bits per heavy atom. The molecule has 0 bridgehead atoms. The van der Waals surface area contributed by atoms with Crippen molar-refractivity contribution in [1.82, 2.24) is 4.40 Å². The average Bonchev–Trinajstić information content (AvgIpc) is 3.90. The SMILES string of the molecule is c1cc(-c2ccc3c(c2)c2cccc4c5cccc6c5c5c(cccc5c5ccccc5n3c42)C6)cc(-c2c3ccccc3c(-c3cccc4ccccc34)c3ccccc23)c1. The van der Waals surface area contributed by atoms with Crippen LogP contribution < -0.4 is 0 Å². The predicted molar refractivity (Wildman–Crippen MR) is 265 cm³/mol. The Balaban J connectivity index is 1.03. The van der Waals surface area contributed by atoms with E-state index in [9.17, 15) is 0 Å². The Kier molecular flexibility index (Phi) is 6.95. The van der Waals surface area contributed by atoms with Gasteiger partial charge in [-0.2, -0.15) is 0 Å². The molecule has 13 aromatic rings. The molecule has 0 fully saturated rings. The first kappa shape index (κ1) is 33.8. The first-order chi connectivity index (χ1) is 30.8. The summed E-state index contributed by atoms with van der Waals surface area (Å²) in [5.74, 6) is 0. The normalized spacial score (nSPS) is 12.5. The van der Waals surface area contributed by atoms with Gasteiger partial charge in [0.15, 0.2) is 0 Å². The summed E-state index contributed by atoms with van der Waals surface area (Å²) in [5.41, 5.74) is 14.0. The largest absolute Gasteiger partial charge is 0.308 e. The van der Waals surface area contributed by atoms with E-state index < -0.39 is 0 Å². The number of rotatable bonds is 3. The van der Waals surface area contributed by atoms with Crippen LogP contribution in [0.3, 0.4) is 0 Å². The first-order valence-electron chi connectivity index (χ1n) is 21.7. The van der Waals surface area contributed by atoms with Crippen molar-refractivity contribution in [3.8, 4) is 33.4 Å². The molecule has 0 atom stereocenters. The molecule has 1 nitrogen and oxygen atoms in total. The van der Waals surface area contributed by atoms with Gasteiger partial charge in [-0.3, -0.25) is 0 Å². The van der Waals surface area contributed by atoms with Crippen molar-refractivity contribution in [2.24, 2.45) is 0 Å². The summed E-state index contributed by atoms with van der Waals surface area (Å²) < 4.78 is 2.55. The minimum absolute atomic E-state index is 0.968. The third kappa shape index (κ3) is 4.63. The average molecular weight is 784 g/mol. The van der Waals surface area contributed by atoms with Gasteiger partial charge >= 0.3 is 0 Å². The van der Waals surface area contributed by atoms with E-state index in [1.165, 1.54) is 136 Å². The van der Waals surface area contributed by atoms with Crippen molar-refractivity contribution in [3.63, 3.8) is 0 Å². The highest BCUT2D eigenvalue weighted by Crippen LogP contribution is 2.47. The number of fused-ring (bicyclic) bond motifs is 10. The van der Waals surface area contributed by atoms with E-state index in [1.54, 1.807) is 0 Å². The number of nitrogens with zero attached hydrogens (tertiary/aromatic N) is 1. The molecule has 0 radical (unpaired) electrons.